The fraction of sp³-hybridized carbons (Fsp3) is 0.550. The maximum atomic E-state index is 10.3. The first kappa shape index (κ1) is 16.8. The number of nitrogens with zero attached hydrogens (tertiary/aromatic N) is 2. The van der Waals surface area contributed by atoms with E-state index in [-0.39, 0.29) is 12.1 Å². The zero-order valence-corrected chi connectivity index (χ0v) is 14.7. The summed E-state index contributed by atoms with van der Waals surface area (Å²) in [5, 5.41) is 10.3. The fourth-order valence-corrected chi connectivity index (χ4v) is 4.20. The van der Waals surface area contributed by atoms with Crippen molar-refractivity contribution in [3.05, 3.63) is 41.9 Å². The number of benzene rings is 1. The van der Waals surface area contributed by atoms with Gasteiger partial charge in [-0.2, -0.15) is 0 Å². The van der Waals surface area contributed by atoms with Crippen LogP contribution in [0.15, 0.2) is 34.9 Å². The van der Waals surface area contributed by atoms with Gasteiger partial charge < -0.3 is 14.3 Å². The molecule has 25 heavy (non-hydrogen) atoms. The van der Waals surface area contributed by atoms with Crippen LogP contribution in [0.25, 0.3) is 11.3 Å². The van der Waals surface area contributed by atoms with Crippen molar-refractivity contribution >= 4 is 0 Å². The van der Waals surface area contributed by atoms with Crippen molar-refractivity contribution in [2.45, 2.75) is 44.9 Å². The van der Waals surface area contributed by atoms with Crippen molar-refractivity contribution in [3.63, 3.8) is 0 Å². The number of hydrogen-bond acceptors (Lipinski definition) is 5. The molecule has 5 nitrogen and oxygen atoms in total. The molecule has 0 amide bonds. The quantitative estimate of drug-likeness (QED) is 0.925. The Labute approximate surface area is 148 Å². The largest absolute Gasteiger partial charge is 0.439 e. The lowest BCUT2D eigenvalue weighted by Crippen LogP contribution is -2.50. The van der Waals surface area contributed by atoms with Gasteiger partial charge in [-0.05, 0) is 25.3 Å². The number of aryl methyl sites for hydroxylation is 1. The monoisotopic (exact) mass is 342 g/mol. The van der Waals surface area contributed by atoms with Gasteiger partial charge >= 0.3 is 0 Å². The lowest BCUT2D eigenvalue weighted by Gasteiger charge is -2.39. The highest BCUT2D eigenvalue weighted by Gasteiger charge is 2.37. The van der Waals surface area contributed by atoms with Gasteiger partial charge in [0.25, 0.3) is 0 Å². The summed E-state index contributed by atoms with van der Waals surface area (Å²) in [5.41, 5.74) is 2.27. The van der Waals surface area contributed by atoms with Crippen LogP contribution >= 0.6 is 0 Å². The molecule has 1 N–H and O–H groups in total. The Morgan fingerprint density at radius 3 is 2.96 bits per heavy atom. The standard InChI is InChI=1S/C20H26N2O3/c1-14-5-2-3-6-15(14)19-11-21-20(25-19)12-22-9-10-24-13-17(22)16-7-4-8-18(16)23/h2-3,5-6,11,16-18,23H,4,7-10,12-13H2,1H3/t16-,17+,18-/m0/s1. The van der Waals surface area contributed by atoms with Gasteiger partial charge in [0.2, 0.25) is 5.89 Å². The summed E-state index contributed by atoms with van der Waals surface area (Å²) in [6, 6.07) is 8.44. The highest BCUT2D eigenvalue weighted by Crippen LogP contribution is 2.33. The third-order valence-corrected chi connectivity index (χ3v) is 5.61. The molecule has 1 aliphatic heterocycles. The molecule has 1 saturated heterocycles. The Kier molecular flexibility index (Phi) is 4.88. The topological polar surface area (TPSA) is 58.7 Å². The molecule has 1 aliphatic carbocycles. The molecule has 1 aromatic heterocycles. The van der Waals surface area contributed by atoms with Crippen LogP contribution in [-0.4, -0.2) is 46.9 Å². The maximum Gasteiger partial charge on any atom is 0.209 e. The number of ether oxygens (including phenoxy) is 1. The van der Waals surface area contributed by atoms with Gasteiger partial charge in [-0.25, -0.2) is 4.98 Å². The molecular formula is C20H26N2O3. The summed E-state index contributed by atoms with van der Waals surface area (Å²) in [7, 11) is 0. The number of morpholine rings is 1. The van der Waals surface area contributed by atoms with E-state index in [0.717, 1.165) is 49.6 Å². The summed E-state index contributed by atoms with van der Waals surface area (Å²) in [6.45, 7) is 5.02. The molecule has 2 heterocycles. The molecule has 1 aromatic carbocycles. The fourth-order valence-electron chi connectivity index (χ4n) is 4.20. The molecule has 134 valence electrons. The number of hydrogen-bond donors (Lipinski definition) is 1. The molecule has 5 heteroatoms. The third-order valence-electron chi connectivity index (χ3n) is 5.61. The second-order valence-electron chi connectivity index (χ2n) is 7.21. The average molecular weight is 342 g/mol. The van der Waals surface area contributed by atoms with Gasteiger partial charge in [0.05, 0.1) is 32.1 Å². The minimum absolute atomic E-state index is 0.207. The molecule has 0 unspecified atom stereocenters. The van der Waals surface area contributed by atoms with Crippen LogP contribution in [-0.2, 0) is 11.3 Å². The first-order valence-electron chi connectivity index (χ1n) is 9.23. The van der Waals surface area contributed by atoms with Crippen LogP contribution in [0.1, 0.15) is 30.7 Å². The highest BCUT2D eigenvalue weighted by atomic mass is 16.5. The summed E-state index contributed by atoms with van der Waals surface area (Å²) < 4.78 is 11.7. The molecule has 0 spiro atoms. The summed E-state index contributed by atoms with van der Waals surface area (Å²) >= 11 is 0. The third kappa shape index (κ3) is 3.50. The van der Waals surface area contributed by atoms with Crippen molar-refractivity contribution in [1.82, 2.24) is 9.88 Å². The Bertz CT molecular complexity index is 714. The Morgan fingerprint density at radius 1 is 1.28 bits per heavy atom. The van der Waals surface area contributed by atoms with E-state index >= 15 is 0 Å². The Balaban J connectivity index is 1.50. The number of oxazole rings is 1. The molecule has 1 saturated carbocycles. The van der Waals surface area contributed by atoms with E-state index in [0.29, 0.717) is 19.1 Å². The lowest BCUT2D eigenvalue weighted by atomic mass is 9.94. The normalized spacial score (nSPS) is 27.7. The highest BCUT2D eigenvalue weighted by molar-refractivity contribution is 5.60. The van der Waals surface area contributed by atoms with E-state index in [1.165, 1.54) is 5.56 Å². The number of aliphatic hydroxyl groups is 1. The molecule has 0 bridgehead atoms. The molecule has 0 radical (unpaired) electrons. The Hall–Kier alpha value is -1.69. The van der Waals surface area contributed by atoms with Crippen LogP contribution in [0.2, 0.25) is 0 Å². The van der Waals surface area contributed by atoms with Crippen LogP contribution in [0.5, 0.6) is 0 Å². The van der Waals surface area contributed by atoms with Gasteiger partial charge in [-0.1, -0.05) is 30.7 Å². The van der Waals surface area contributed by atoms with E-state index < -0.39 is 0 Å². The van der Waals surface area contributed by atoms with E-state index in [2.05, 4.69) is 28.9 Å². The number of rotatable bonds is 4. The van der Waals surface area contributed by atoms with Crippen molar-refractivity contribution in [2.24, 2.45) is 5.92 Å². The molecular weight excluding hydrogens is 316 g/mol. The van der Waals surface area contributed by atoms with Crippen LogP contribution in [0, 0.1) is 12.8 Å². The van der Waals surface area contributed by atoms with Crippen molar-refractivity contribution in [1.29, 1.82) is 0 Å². The average Bonchev–Trinajstić information content (AvgIpc) is 3.25. The van der Waals surface area contributed by atoms with E-state index in [1.54, 1.807) is 0 Å². The van der Waals surface area contributed by atoms with Gasteiger partial charge in [0.1, 0.15) is 0 Å². The van der Waals surface area contributed by atoms with Gasteiger partial charge in [0.15, 0.2) is 5.76 Å². The minimum atomic E-state index is -0.207. The van der Waals surface area contributed by atoms with Gasteiger partial charge in [0, 0.05) is 24.1 Å². The van der Waals surface area contributed by atoms with Crippen molar-refractivity contribution in [2.75, 3.05) is 19.8 Å². The smallest absolute Gasteiger partial charge is 0.209 e. The second kappa shape index (κ2) is 7.28. The predicted molar refractivity (Wildman–Crippen MR) is 95.0 cm³/mol. The van der Waals surface area contributed by atoms with Crippen LogP contribution in [0.3, 0.4) is 0 Å². The molecule has 3 atom stereocenters. The Morgan fingerprint density at radius 2 is 2.16 bits per heavy atom. The van der Waals surface area contributed by atoms with Gasteiger partial charge in [-0.15, -0.1) is 0 Å². The molecule has 4 rings (SSSR count). The van der Waals surface area contributed by atoms with Crippen LogP contribution < -0.4 is 0 Å². The molecule has 2 aromatic rings. The zero-order chi connectivity index (χ0) is 17.2. The van der Waals surface area contributed by atoms with E-state index in [4.69, 9.17) is 9.15 Å². The SMILES string of the molecule is Cc1ccccc1-c1cnc(CN2CCOC[C@@H]2[C@@H]2CCC[C@@H]2O)o1. The first-order chi connectivity index (χ1) is 12.2. The lowest BCUT2D eigenvalue weighted by molar-refractivity contribution is -0.0562. The number of aromatic nitrogens is 1. The maximum absolute atomic E-state index is 10.3. The second-order valence-corrected chi connectivity index (χ2v) is 7.21. The van der Waals surface area contributed by atoms with E-state index in [9.17, 15) is 5.11 Å². The minimum Gasteiger partial charge on any atom is -0.439 e. The van der Waals surface area contributed by atoms with E-state index in [1.807, 2.05) is 18.3 Å². The van der Waals surface area contributed by atoms with Crippen molar-refractivity contribution < 1.29 is 14.3 Å². The van der Waals surface area contributed by atoms with Crippen molar-refractivity contribution in [3.8, 4) is 11.3 Å². The van der Waals surface area contributed by atoms with Crippen LogP contribution in [0.4, 0.5) is 0 Å². The molecule has 2 aliphatic rings. The predicted octanol–water partition coefficient (Wildman–Crippen LogP) is 3.01. The summed E-state index contributed by atoms with van der Waals surface area (Å²) in [4.78, 5) is 6.87. The number of aliphatic hydroxyl groups excluding tert-OH is 1. The summed E-state index contributed by atoms with van der Waals surface area (Å²) in [5.74, 6) is 1.85. The summed E-state index contributed by atoms with van der Waals surface area (Å²) in [6.07, 6.45) is 4.70. The van der Waals surface area contributed by atoms with Gasteiger partial charge in [-0.3, -0.25) is 4.90 Å². The molecule has 2 fully saturated rings. The first-order valence-corrected chi connectivity index (χ1v) is 9.23. The zero-order valence-electron chi connectivity index (χ0n) is 14.7.